The van der Waals surface area contributed by atoms with Crippen LogP contribution in [0.4, 0.5) is 5.82 Å². The summed E-state index contributed by atoms with van der Waals surface area (Å²) in [6.07, 6.45) is 5.63. The van der Waals surface area contributed by atoms with Crippen molar-refractivity contribution in [2.45, 2.75) is 75.9 Å². The number of carbonyl (C=O) groups excluding carboxylic acids is 1. The molecule has 1 saturated carbocycles. The van der Waals surface area contributed by atoms with Gasteiger partial charge >= 0.3 is 0 Å². The summed E-state index contributed by atoms with van der Waals surface area (Å²) in [7, 11) is 0. The molecule has 168 valence electrons. The summed E-state index contributed by atoms with van der Waals surface area (Å²) < 4.78 is 2.06. The Morgan fingerprint density at radius 1 is 1.16 bits per heavy atom. The number of rotatable bonds is 7. The minimum atomic E-state index is -0.917. The Morgan fingerprint density at radius 2 is 1.81 bits per heavy atom. The fraction of sp³-hybridized carbons (Fsp3) is 0.600. The summed E-state index contributed by atoms with van der Waals surface area (Å²) in [6.45, 7) is 10.8. The Balaban J connectivity index is 1.72. The number of carbonyl (C=O) groups is 1. The maximum Gasteiger partial charge on any atom is 0.141 e. The van der Waals surface area contributed by atoms with Crippen LogP contribution in [0.25, 0.3) is 0 Å². The van der Waals surface area contributed by atoms with Crippen LogP contribution in [-0.4, -0.2) is 52.2 Å². The van der Waals surface area contributed by atoms with Crippen molar-refractivity contribution in [3.05, 3.63) is 47.7 Å². The van der Waals surface area contributed by atoms with Gasteiger partial charge in [-0.15, -0.1) is 0 Å². The van der Waals surface area contributed by atoms with E-state index < -0.39 is 5.54 Å². The van der Waals surface area contributed by atoms with Crippen LogP contribution in [0.3, 0.4) is 0 Å². The van der Waals surface area contributed by atoms with Gasteiger partial charge in [-0.2, -0.15) is 5.10 Å². The van der Waals surface area contributed by atoms with E-state index in [1.54, 1.807) is 6.92 Å². The maximum atomic E-state index is 11.3. The number of aromatic nitrogens is 2. The third kappa shape index (κ3) is 4.55. The van der Waals surface area contributed by atoms with Crippen LogP contribution >= 0.6 is 0 Å². The van der Waals surface area contributed by atoms with Crippen molar-refractivity contribution in [3.8, 4) is 0 Å². The molecule has 2 fully saturated rings. The zero-order valence-electron chi connectivity index (χ0n) is 19.4. The van der Waals surface area contributed by atoms with Gasteiger partial charge in [0.15, 0.2) is 0 Å². The highest BCUT2D eigenvalue weighted by atomic mass is 16.1. The molecule has 1 aliphatic heterocycles. The fourth-order valence-corrected chi connectivity index (χ4v) is 4.74. The van der Waals surface area contributed by atoms with Crippen LogP contribution in [0.5, 0.6) is 0 Å². The normalized spacial score (nSPS) is 21.5. The topological polar surface area (TPSA) is 76.2 Å². The average Bonchev–Trinajstić information content (AvgIpc) is 3.50. The molecule has 1 aromatic heterocycles. The van der Waals surface area contributed by atoms with Crippen LogP contribution in [0.2, 0.25) is 0 Å². The largest absolute Gasteiger partial charge is 0.368 e. The number of piperidine rings is 1. The summed E-state index contributed by atoms with van der Waals surface area (Å²) in [5.41, 5.74) is 7.31. The summed E-state index contributed by atoms with van der Waals surface area (Å²) in [6, 6.07) is 13.8. The van der Waals surface area contributed by atoms with Crippen molar-refractivity contribution in [1.29, 1.82) is 0 Å². The molecule has 0 amide bonds. The van der Waals surface area contributed by atoms with Crippen LogP contribution < -0.4 is 11.1 Å². The van der Waals surface area contributed by atoms with Gasteiger partial charge in [0.05, 0.1) is 16.8 Å². The van der Waals surface area contributed by atoms with Gasteiger partial charge in [-0.1, -0.05) is 30.3 Å². The van der Waals surface area contributed by atoms with Gasteiger partial charge in [0.1, 0.15) is 12.1 Å². The maximum absolute atomic E-state index is 11.3. The van der Waals surface area contributed by atoms with Gasteiger partial charge < -0.3 is 20.7 Å². The summed E-state index contributed by atoms with van der Waals surface area (Å²) >= 11 is 0. The second kappa shape index (κ2) is 8.06. The lowest BCUT2D eigenvalue weighted by Crippen LogP contribution is -2.45. The highest BCUT2D eigenvalue weighted by molar-refractivity contribution is 5.64. The average molecular weight is 424 g/mol. The second-order valence-electron chi connectivity index (χ2n) is 10.7. The van der Waals surface area contributed by atoms with Crippen LogP contribution in [0.15, 0.2) is 36.4 Å². The van der Waals surface area contributed by atoms with Gasteiger partial charge in [0, 0.05) is 24.1 Å². The minimum Gasteiger partial charge on any atom is -0.368 e. The third-order valence-corrected chi connectivity index (χ3v) is 6.80. The molecule has 4 rings (SSSR count). The van der Waals surface area contributed by atoms with E-state index in [0.29, 0.717) is 6.54 Å². The molecule has 1 saturated heterocycles. The number of likely N-dealkylation sites (tertiary alicyclic amines) is 1. The predicted octanol–water partition coefficient (Wildman–Crippen LogP) is 3.51. The molecular weight excluding hydrogens is 386 g/mol. The first-order valence-electron chi connectivity index (χ1n) is 11.5. The molecule has 2 aliphatic rings. The molecule has 0 unspecified atom stereocenters. The lowest BCUT2D eigenvalue weighted by atomic mass is 9.70. The molecule has 1 atom stereocenters. The molecule has 31 heavy (non-hydrogen) atoms. The highest BCUT2D eigenvalue weighted by Crippen LogP contribution is 2.44. The van der Waals surface area contributed by atoms with Gasteiger partial charge in [-0.05, 0) is 72.0 Å². The Bertz CT molecular complexity index is 900. The minimum absolute atomic E-state index is 0.101. The Labute approximate surface area is 186 Å². The predicted molar refractivity (Wildman–Crippen MR) is 125 cm³/mol. The molecular formula is C25H37N5O. The zero-order chi connectivity index (χ0) is 22.3. The molecule has 0 radical (unpaired) electrons. The zero-order valence-corrected chi connectivity index (χ0v) is 19.4. The molecule has 6 heteroatoms. The Morgan fingerprint density at radius 3 is 2.35 bits per heavy atom. The SMILES string of the molecule is CC(C)(C)n1nc(C2(c3ccccc3)CCN(C3CC3)CC2)cc1NC[C@@](C)(N)C=O. The van der Waals surface area contributed by atoms with Crippen molar-refractivity contribution >= 4 is 12.1 Å². The van der Waals surface area contributed by atoms with Crippen molar-refractivity contribution < 1.29 is 4.79 Å². The smallest absolute Gasteiger partial charge is 0.141 e. The van der Waals surface area contributed by atoms with E-state index in [1.807, 2.05) is 0 Å². The first kappa shape index (κ1) is 22.0. The fourth-order valence-electron chi connectivity index (χ4n) is 4.74. The number of hydrogen-bond acceptors (Lipinski definition) is 5. The quantitative estimate of drug-likeness (QED) is 0.667. The molecule has 0 bridgehead atoms. The lowest BCUT2D eigenvalue weighted by molar-refractivity contribution is -0.111. The van der Waals surface area contributed by atoms with Gasteiger partial charge in [-0.3, -0.25) is 0 Å². The van der Waals surface area contributed by atoms with Crippen LogP contribution in [0, 0.1) is 0 Å². The van der Waals surface area contributed by atoms with E-state index in [0.717, 1.165) is 49.8 Å². The number of aldehydes is 1. The van der Waals surface area contributed by atoms with E-state index >= 15 is 0 Å². The highest BCUT2D eigenvalue weighted by Gasteiger charge is 2.43. The number of hydrogen-bond donors (Lipinski definition) is 2. The first-order chi connectivity index (χ1) is 14.6. The summed E-state index contributed by atoms with van der Waals surface area (Å²) in [4.78, 5) is 14.0. The third-order valence-electron chi connectivity index (χ3n) is 6.80. The summed E-state index contributed by atoms with van der Waals surface area (Å²) in [5, 5.41) is 8.58. The second-order valence-corrected chi connectivity index (χ2v) is 10.7. The van der Waals surface area contributed by atoms with Crippen molar-refractivity contribution in [3.63, 3.8) is 0 Å². The monoisotopic (exact) mass is 423 g/mol. The van der Waals surface area contributed by atoms with Crippen LogP contribution in [0.1, 0.15) is 64.6 Å². The van der Waals surface area contributed by atoms with Gasteiger partial charge in [0.25, 0.3) is 0 Å². The Kier molecular flexibility index (Phi) is 5.73. The van der Waals surface area contributed by atoms with E-state index in [2.05, 4.69) is 72.1 Å². The molecule has 1 aromatic carbocycles. The lowest BCUT2D eigenvalue weighted by Gasteiger charge is -2.41. The number of nitrogens with two attached hydrogens (primary N) is 1. The van der Waals surface area contributed by atoms with Crippen molar-refractivity contribution in [2.75, 3.05) is 25.0 Å². The number of anilines is 1. The standard InChI is InChI=1S/C25H37N5O/c1-23(2,3)30-22(27-17-24(4,26)18-31)16-21(28-30)25(19-8-6-5-7-9-19)12-14-29(15-13-25)20-10-11-20/h5-9,16,18,20,27H,10-15,17,26H2,1-4H3/t24-/m1/s1. The van der Waals surface area contributed by atoms with E-state index in [-0.39, 0.29) is 11.0 Å². The van der Waals surface area contributed by atoms with E-state index in [4.69, 9.17) is 10.8 Å². The molecule has 1 aliphatic carbocycles. The van der Waals surface area contributed by atoms with Crippen molar-refractivity contribution in [2.24, 2.45) is 5.73 Å². The van der Waals surface area contributed by atoms with Crippen LogP contribution in [-0.2, 0) is 15.7 Å². The first-order valence-corrected chi connectivity index (χ1v) is 11.5. The number of nitrogens with zero attached hydrogens (tertiary/aromatic N) is 3. The summed E-state index contributed by atoms with van der Waals surface area (Å²) in [5.74, 6) is 0.918. The molecule has 6 nitrogen and oxygen atoms in total. The van der Waals surface area contributed by atoms with Crippen molar-refractivity contribution in [1.82, 2.24) is 14.7 Å². The van der Waals surface area contributed by atoms with Gasteiger partial charge in [0.2, 0.25) is 0 Å². The molecule has 2 aromatic rings. The van der Waals surface area contributed by atoms with E-state index in [1.165, 1.54) is 18.4 Å². The molecule has 3 N–H and O–H groups in total. The van der Waals surface area contributed by atoms with Gasteiger partial charge in [-0.25, -0.2) is 4.68 Å². The number of benzene rings is 1. The number of nitrogens with one attached hydrogen (secondary N) is 1. The van der Waals surface area contributed by atoms with E-state index in [9.17, 15) is 4.79 Å². The molecule has 2 heterocycles. The molecule has 0 spiro atoms. The Hall–Kier alpha value is -2.18.